The van der Waals surface area contributed by atoms with Crippen LogP contribution in [0, 0.1) is 10.8 Å². The van der Waals surface area contributed by atoms with E-state index in [4.69, 9.17) is 27.8 Å². The molecule has 3 heterocycles. The van der Waals surface area contributed by atoms with Crippen molar-refractivity contribution in [3.8, 4) is 0 Å². The van der Waals surface area contributed by atoms with Crippen LogP contribution in [-0.2, 0) is 28.5 Å². The van der Waals surface area contributed by atoms with Crippen LogP contribution in [0.1, 0.15) is 86.6 Å². The maximum atomic E-state index is 13.5. The molecule has 4 bridgehead atoms. The van der Waals surface area contributed by atoms with E-state index in [-0.39, 0.29) is 36.0 Å². The Morgan fingerprint density at radius 2 is 1.17 bits per heavy atom. The molecule has 4 unspecified atom stereocenters. The van der Waals surface area contributed by atoms with Gasteiger partial charge in [0, 0.05) is 25.0 Å². The number of ether oxygens (including phenoxy) is 4. The Hall–Kier alpha value is -6.56. The van der Waals surface area contributed by atoms with Crippen molar-refractivity contribution >= 4 is 36.0 Å². The molecule has 12 heteroatoms. The van der Waals surface area contributed by atoms with Crippen molar-refractivity contribution in [2.24, 2.45) is 10.8 Å². The highest BCUT2D eigenvalue weighted by Crippen LogP contribution is 2.39. The Kier molecular flexibility index (Phi) is 18.1. The fourth-order valence-corrected chi connectivity index (χ4v) is 6.05. The second-order valence-electron chi connectivity index (χ2n) is 13.1. The average molecular weight is 793 g/mol. The zero-order valence-corrected chi connectivity index (χ0v) is 34.1. The molecule has 0 radical (unpaired) electrons. The molecule has 0 amide bonds. The van der Waals surface area contributed by atoms with Crippen molar-refractivity contribution in [3.05, 3.63) is 157 Å². The van der Waals surface area contributed by atoms with E-state index in [0.29, 0.717) is 17.6 Å². The standard InChI is InChI=1S/C46H52N2O10/c1-9-23-33(24-10-2)45(5,43(51)53-7)37-27-19-15-13-17-21-30-40-48-36(32-56-40)42(50)58-38(46(6,44(52)54-8)34(25-11-3)26-12-4)28-20-16-14-18-22-29-39-47-35(31-55-39)41(49)57-37/h9-11,13-26,29-32,37-38H,1,12,27-28H2,2-8H3/b17-13+,18-14+,19-15-,20-16-,24-10+,25-11+,29-22+,30-21+,33-23-,34-26+. The summed E-state index contributed by atoms with van der Waals surface area (Å²) in [6.45, 7) is 12.7. The SMILES string of the molecule is C=C/C=C(/C=C/C)C(C)(C(=O)OC)C1C\C=C/C=C/C=C/c2nc(co2)C(=O)OC(C(C)(C(=O)OC)C(/C=C/C)=C/CC)C\C=C/C=C/C=C/c2nc(co2)C(=O)O1. The molecule has 0 fully saturated rings. The highest BCUT2D eigenvalue weighted by atomic mass is 16.6. The highest BCUT2D eigenvalue weighted by molar-refractivity contribution is 5.89. The number of hydrogen-bond acceptors (Lipinski definition) is 12. The monoisotopic (exact) mass is 792 g/mol. The maximum Gasteiger partial charge on any atom is 0.360 e. The van der Waals surface area contributed by atoms with Gasteiger partial charge in [-0.15, -0.1) is 0 Å². The van der Waals surface area contributed by atoms with E-state index >= 15 is 0 Å². The number of carbonyl (C=O) groups is 4. The number of aromatic nitrogens is 2. The van der Waals surface area contributed by atoms with Crippen LogP contribution in [-0.4, -0.2) is 60.3 Å². The minimum absolute atomic E-state index is 0.0880. The molecule has 0 saturated carbocycles. The molecule has 12 nitrogen and oxygen atoms in total. The summed E-state index contributed by atoms with van der Waals surface area (Å²) in [5.41, 5.74) is -1.88. The Labute approximate surface area is 340 Å². The molecule has 0 aliphatic carbocycles. The first-order valence-corrected chi connectivity index (χ1v) is 18.7. The van der Waals surface area contributed by atoms with E-state index < -0.39 is 46.9 Å². The number of allylic oxidation sites excluding steroid dienone is 15. The van der Waals surface area contributed by atoms with Gasteiger partial charge in [-0.2, -0.15) is 0 Å². The number of rotatable bonds is 10. The minimum atomic E-state index is -1.45. The van der Waals surface area contributed by atoms with Gasteiger partial charge in [-0.25, -0.2) is 19.6 Å². The van der Waals surface area contributed by atoms with E-state index in [1.807, 2.05) is 19.9 Å². The van der Waals surface area contributed by atoms with Crippen LogP contribution in [0.5, 0.6) is 0 Å². The topological polar surface area (TPSA) is 157 Å². The molecule has 0 aromatic carbocycles. The van der Waals surface area contributed by atoms with Crippen molar-refractivity contribution < 1.29 is 47.0 Å². The largest absolute Gasteiger partial charge is 0.468 e. The van der Waals surface area contributed by atoms with Gasteiger partial charge in [0.1, 0.15) is 35.6 Å². The average Bonchev–Trinajstić information content (AvgIpc) is 3.91. The molecule has 58 heavy (non-hydrogen) atoms. The van der Waals surface area contributed by atoms with E-state index in [2.05, 4.69) is 16.5 Å². The Bertz CT molecular complexity index is 2060. The molecular formula is C46H52N2O10. The van der Waals surface area contributed by atoms with Crippen LogP contribution >= 0.6 is 0 Å². The van der Waals surface area contributed by atoms with E-state index in [1.54, 1.807) is 124 Å². The third-order valence-corrected chi connectivity index (χ3v) is 9.20. The molecule has 306 valence electrons. The van der Waals surface area contributed by atoms with Crippen LogP contribution in [0.15, 0.2) is 142 Å². The molecule has 0 N–H and O–H groups in total. The van der Waals surface area contributed by atoms with Gasteiger partial charge < -0.3 is 27.8 Å². The summed E-state index contributed by atoms with van der Waals surface area (Å²) in [5, 5.41) is 0. The summed E-state index contributed by atoms with van der Waals surface area (Å²) in [5.74, 6) is -2.53. The molecule has 1 aliphatic rings. The van der Waals surface area contributed by atoms with Gasteiger partial charge in [0.05, 0.1) is 14.2 Å². The lowest BCUT2D eigenvalue weighted by Crippen LogP contribution is -2.44. The van der Waals surface area contributed by atoms with Crippen molar-refractivity contribution in [2.45, 2.75) is 66.1 Å². The van der Waals surface area contributed by atoms with Gasteiger partial charge in [-0.05, 0) is 45.3 Å². The molecule has 0 spiro atoms. The molecule has 2 aromatic rings. The van der Waals surface area contributed by atoms with Crippen LogP contribution in [0.4, 0.5) is 0 Å². The molecular weight excluding hydrogens is 741 g/mol. The third kappa shape index (κ3) is 11.7. The summed E-state index contributed by atoms with van der Waals surface area (Å²) in [6.07, 6.45) is 33.5. The quantitative estimate of drug-likeness (QED) is 0.128. The molecule has 4 atom stereocenters. The van der Waals surface area contributed by atoms with Crippen molar-refractivity contribution in [3.63, 3.8) is 0 Å². The first-order valence-electron chi connectivity index (χ1n) is 18.7. The van der Waals surface area contributed by atoms with Gasteiger partial charge >= 0.3 is 23.9 Å². The minimum Gasteiger partial charge on any atom is -0.468 e. The van der Waals surface area contributed by atoms with Gasteiger partial charge in [0.2, 0.25) is 11.8 Å². The summed E-state index contributed by atoms with van der Waals surface area (Å²) >= 11 is 0. The zero-order chi connectivity index (χ0) is 42.6. The first kappa shape index (κ1) is 45.8. The molecule has 2 aromatic heterocycles. The normalized spacial score (nSPS) is 23.0. The fourth-order valence-electron chi connectivity index (χ4n) is 6.05. The summed E-state index contributed by atoms with van der Waals surface area (Å²) in [7, 11) is 2.56. The first-order chi connectivity index (χ1) is 27.9. The molecule has 3 rings (SSSR count). The number of cyclic esters (lactones) is 2. The van der Waals surface area contributed by atoms with Crippen molar-refractivity contribution in [1.82, 2.24) is 9.97 Å². The third-order valence-electron chi connectivity index (χ3n) is 9.20. The molecule has 0 saturated heterocycles. The summed E-state index contributed by atoms with van der Waals surface area (Å²) < 4.78 is 33.5. The number of hydrogen-bond donors (Lipinski definition) is 0. The lowest BCUT2D eigenvalue weighted by Gasteiger charge is -2.35. The van der Waals surface area contributed by atoms with Crippen LogP contribution in [0.25, 0.3) is 12.2 Å². The van der Waals surface area contributed by atoms with E-state index in [9.17, 15) is 19.2 Å². The summed E-state index contributed by atoms with van der Waals surface area (Å²) in [6, 6.07) is 0. The number of fused-ring (bicyclic) bond motifs is 4. The highest BCUT2D eigenvalue weighted by Gasteiger charge is 2.48. The van der Waals surface area contributed by atoms with Crippen LogP contribution in [0.2, 0.25) is 0 Å². The van der Waals surface area contributed by atoms with Crippen LogP contribution < -0.4 is 0 Å². The predicted molar refractivity (Wildman–Crippen MR) is 222 cm³/mol. The van der Waals surface area contributed by atoms with Gasteiger partial charge in [0.25, 0.3) is 0 Å². The maximum absolute atomic E-state index is 13.5. The van der Waals surface area contributed by atoms with Crippen molar-refractivity contribution in [2.75, 3.05) is 14.2 Å². The Morgan fingerprint density at radius 1 is 0.741 bits per heavy atom. The fraction of sp³-hybridized carbons (Fsp3) is 0.304. The second kappa shape index (κ2) is 22.9. The molecule has 1 aliphatic heterocycles. The van der Waals surface area contributed by atoms with E-state index in [0.717, 1.165) is 0 Å². The number of methoxy groups -OCH3 is 2. The van der Waals surface area contributed by atoms with Crippen molar-refractivity contribution in [1.29, 1.82) is 0 Å². The second-order valence-corrected chi connectivity index (χ2v) is 13.1. The van der Waals surface area contributed by atoms with Gasteiger partial charge in [0.15, 0.2) is 11.4 Å². The number of carbonyl (C=O) groups excluding carboxylic acids is 4. The lowest BCUT2D eigenvalue weighted by atomic mass is 9.74. The zero-order valence-electron chi connectivity index (χ0n) is 34.1. The smallest absolute Gasteiger partial charge is 0.360 e. The lowest BCUT2D eigenvalue weighted by molar-refractivity contribution is -0.156. The van der Waals surface area contributed by atoms with E-state index in [1.165, 1.54) is 32.8 Å². The predicted octanol–water partition coefficient (Wildman–Crippen LogP) is 9.42. The van der Waals surface area contributed by atoms with Gasteiger partial charge in [-0.3, -0.25) is 9.59 Å². The Balaban J connectivity index is 2.08. The number of nitrogens with zero attached hydrogens (tertiary/aromatic N) is 2. The van der Waals surface area contributed by atoms with Gasteiger partial charge in [-0.1, -0.05) is 117 Å². The number of oxazole rings is 2. The Morgan fingerprint density at radius 3 is 1.59 bits per heavy atom. The summed E-state index contributed by atoms with van der Waals surface area (Å²) in [4.78, 5) is 62.5. The number of esters is 4. The van der Waals surface area contributed by atoms with Crippen LogP contribution in [0.3, 0.4) is 0 Å².